The quantitative estimate of drug-likeness (QED) is 0.650. The molecule has 1 heterocycles. The van der Waals surface area contributed by atoms with Crippen LogP contribution in [0.25, 0.3) is 0 Å². The van der Waals surface area contributed by atoms with Crippen LogP contribution >= 0.6 is 0 Å². The summed E-state index contributed by atoms with van der Waals surface area (Å²) >= 11 is 0. The van der Waals surface area contributed by atoms with Gasteiger partial charge in [-0.25, -0.2) is 13.2 Å². The summed E-state index contributed by atoms with van der Waals surface area (Å²) in [5.74, 6) is -0.734. The Labute approximate surface area is 119 Å². The Morgan fingerprint density at radius 1 is 1.35 bits per heavy atom. The molecule has 0 aromatic heterocycles. The van der Waals surface area contributed by atoms with Crippen molar-refractivity contribution in [1.29, 1.82) is 0 Å². The largest absolute Gasteiger partial charge is 0.481 e. The van der Waals surface area contributed by atoms with Gasteiger partial charge in [0, 0.05) is 12.6 Å². The first-order valence-corrected chi connectivity index (χ1v) is 8.48. The van der Waals surface area contributed by atoms with E-state index < -0.39 is 27.9 Å². The highest BCUT2D eigenvalue weighted by Crippen LogP contribution is 2.17. The summed E-state index contributed by atoms with van der Waals surface area (Å²) in [7, 11) is -2.95. The number of aliphatic carboxylic acids is 1. The molecule has 0 bridgehead atoms. The number of carbonyl (C=O) groups is 2. The van der Waals surface area contributed by atoms with Gasteiger partial charge in [0.05, 0.1) is 17.9 Å². The molecule has 8 heteroatoms. The SMILES string of the molecule is CC(C)C(CC(=O)O)NC(=O)NCC1CCS(=O)(=O)C1. The summed E-state index contributed by atoms with van der Waals surface area (Å²) in [4.78, 5) is 22.4. The second kappa shape index (κ2) is 6.92. The van der Waals surface area contributed by atoms with Crippen LogP contribution in [0.2, 0.25) is 0 Å². The molecule has 116 valence electrons. The van der Waals surface area contributed by atoms with Gasteiger partial charge >= 0.3 is 12.0 Å². The normalized spacial score (nSPS) is 22.4. The lowest BCUT2D eigenvalue weighted by Crippen LogP contribution is -2.46. The van der Waals surface area contributed by atoms with E-state index >= 15 is 0 Å². The number of urea groups is 1. The van der Waals surface area contributed by atoms with Gasteiger partial charge in [-0.1, -0.05) is 13.8 Å². The van der Waals surface area contributed by atoms with Gasteiger partial charge in [-0.2, -0.15) is 0 Å². The number of nitrogens with one attached hydrogen (secondary N) is 2. The van der Waals surface area contributed by atoms with Gasteiger partial charge in [0.1, 0.15) is 0 Å². The minimum absolute atomic E-state index is 0.00343. The predicted octanol–water partition coefficient (Wildman–Crippen LogP) is 0.220. The Bertz CT molecular complexity index is 460. The first kappa shape index (κ1) is 16.7. The van der Waals surface area contributed by atoms with E-state index in [1.807, 2.05) is 13.8 Å². The standard InChI is InChI=1S/C12H22N2O5S/c1-8(2)10(5-11(15)16)14-12(17)13-6-9-3-4-20(18,19)7-9/h8-10H,3-7H2,1-2H3,(H,15,16)(H2,13,14,17). The molecule has 0 aliphatic carbocycles. The summed E-state index contributed by atoms with van der Waals surface area (Å²) in [5.41, 5.74) is 0. The van der Waals surface area contributed by atoms with Crippen LogP contribution in [0.3, 0.4) is 0 Å². The Morgan fingerprint density at radius 2 is 2.00 bits per heavy atom. The van der Waals surface area contributed by atoms with Crippen molar-refractivity contribution in [2.75, 3.05) is 18.1 Å². The molecule has 7 nitrogen and oxygen atoms in total. The van der Waals surface area contributed by atoms with Gasteiger partial charge < -0.3 is 15.7 Å². The minimum atomic E-state index is -2.95. The minimum Gasteiger partial charge on any atom is -0.481 e. The van der Waals surface area contributed by atoms with Crippen molar-refractivity contribution in [1.82, 2.24) is 10.6 Å². The maximum atomic E-state index is 11.7. The fourth-order valence-corrected chi connectivity index (χ4v) is 3.99. The number of carbonyl (C=O) groups excluding carboxylic acids is 1. The molecule has 1 rings (SSSR count). The first-order valence-electron chi connectivity index (χ1n) is 6.66. The number of hydrogen-bond donors (Lipinski definition) is 3. The predicted molar refractivity (Wildman–Crippen MR) is 74.2 cm³/mol. The molecule has 1 saturated heterocycles. The molecule has 0 aromatic rings. The van der Waals surface area contributed by atoms with Crippen molar-refractivity contribution in [2.45, 2.75) is 32.7 Å². The van der Waals surface area contributed by atoms with Crippen LogP contribution in [-0.2, 0) is 14.6 Å². The number of rotatable bonds is 6. The highest BCUT2D eigenvalue weighted by atomic mass is 32.2. The summed E-state index contributed by atoms with van der Waals surface area (Å²) in [6.45, 7) is 3.96. The highest BCUT2D eigenvalue weighted by molar-refractivity contribution is 7.91. The molecule has 0 aromatic carbocycles. The molecular formula is C12H22N2O5S. The Hall–Kier alpha value is -1.31. The van der Waals surface area contributed by atoms with Crippen LogP contribution in [-0.4, -0.2) is 49.6 Å². The van der Waals surface area contributed by atoms with Crippen molar-refractivity contribution in [3.8, 4) is 0 Å². The number of sulfone groups is 1. The first-order chi connectivity index (χ1) is 9.19. The van der Waals surface area contributed by atoms with Gasteiger partial charge in [-0.15, -0.1) is 0 Å². The van der Waals surface area contributed by atoms with Gasteiger partial charge in [0.25, 0.3) is 0 Å². The van der Waals surface area contributed by atoms with Gasteiger partial charge in [0.15, 0.2) is 9.84 Å². The lowest BCUT2D eigenvalue weighted by atomic mass is 10.0. The molecule has 1 aliphatic heterocycles. The molecule has 0 spiro atoms. The zero-order chi connectivity index (χ0) is 15.3. The summed E-state index contributed by atoms with van der Waals surface area (Å²) in [5, 5.41) is 14.0. The monoisotopic (exact) mass is 306 g/mol. The fourth-order valence-electron chi connectivity index (χ4n) is 2.13. The average molecular weight is 306 g/mol. The van der Waals surface area contributed by atoms with Crippen LogP contribution in [0.1, 0.15) is 26.7 Å². The summed E-state index contributed by atoms with van der Waals surface area (Å²) in [6.07, 6.45) is 0.425. The molecule has 2 atom stereocenters. The topological polar surface area (TPSA) is 113 Å². The van der Waals surface area contributed by atoms with Crippen LogP contribution in [0, 0.1) is 11.8 Å². The van der Waals surface area contributed by atoms with E-state index in [2.05, 4.69) is 10.6 Å². The van der Waals surface area contributed by atoms with Gasteiger partial charge in [-0.3, -0.25) is 4.79 Å². The van der Waals surface area contributed by atoms with Crippen LogP contribution in [0.4, 0.5) is 4.79 Å². The summed E-state index contributed by atoms with van der Waals surface area (Å²) < 4.78 is 22.6. The van der Waals surface area contributed by atoms with Crippen molar-refractivity contribution >= 4 is 21.8 Å². The smallest absolute Gasteiger partial charge is 0.315 e. The molecular weight excluding hydrogens is 284 g/mol. The molecule has 3 N–H and O–H groups in total. The van der Waals surface area contributed by atoms with Crippen molar-refractivity contribution in [3.63, 3.8) is 0 Å². The summed E-state index contributed by atoms with van der Waals surface area (Å²) in [6, 6.07) is -0.894. The lowest BCUT2D eigenvalue weighted by Gasteiger charge is -2.21. The average Bonchev–Trinajstić information content (AvgIpc) is 2.65. The highest BCUT2D eigenvalue weighted by Gasteiger charge is 2.28. The Kier molecular flexibility index (Phi) is 5.79. The maximum absolute atomic E-state index is 11.7. The van der Waals surface area contributed by atoms with E-state index in [9.17, 15) is 18.0 Å². The maximum Gasteiger partial charge on any atom is 0.315 e. The molecule has 0 radical (unpaired) electrons. The van der Waals surface area contributed by atoms with Gasteiger partial charge in [0.2, 0.25) is 0 Å². The third-order valence-corrected chi connectivity index (χ3v) is 5.23. The van der Waals surface area contributed by atoms with Crippen LogP contribution < -0.4 is 10.6 Å². The van der Waals surface area contributed by atoms with Crippen molar-refractivity contribution in [2.24, 2.45) is 11.8 Å². The number of amides is 2. The lowest BCUT2D eigenvalue weighted by molar-refractivity contribution is -0.137. The van der Waals surface area contributed by atoms with E-state index in [4.69, 9.17) is 5.11 Å². The number of carboxylic acids is 1. The number of hydrogen-bond acceptors (Lipinski definition) is 4. The molecule has 20 heavy (non-hydrogen) atoms. The zero-order valence-electron chi connectivity index (χ0n) is 11.8. The third kappa shape index (κ3) is 5.77. The molecule has 0 saturated carbocycles. The number of carboxylic acid groups (broad SMARTS) is 1. The van der Waals surface area contributed by atoms with Crippen molar-refractivity contribution < 1.29 is 23.1 Å². The van der Waals surface area contributed by atoms with E-state index in [0.29, 0.717) is 13.0 Å². The molecule has 2 unspecified atom stereocenters. The van der Waals surface area contributed by atoms with Crippen LogP contribution in [0.5, 0.6) is 0 Å². The van der Waals surface area contributed by atoms with Crippen LogP contribution in [0.15, 0.2) is 0 Å². The fraction of sp³-hybridized carbons (Fsp3) is 0.833. The van der Waals surface area contributed by atoms with E-state index in [1.54, 1.807) is 0 Å². The Morgan fingerprint density at radius 3 is 2.45 bits per heavy atom. The Balaban J connectivity index is 2.37. The zero-order valence-corrected chi connectivity index (χ0v) is 12.6. The van der Waals surface area contributed by atoms with E-state index in [-0.39, 0.29) is 29.8 Å². The molecule has 2 amide bonds. The second-order valence-electron chi connectivity index (χ2n) is 5.57. The molecule has 1 fully saturated rings. The van der Waals surface area contributed by atoms with E-state index in [0.717, 1.165) is 0 Å². The van der Waals surface area contributed by atoms with Crippen molar-refractivity contribution in [3.05, 3.63) is 0 Å². The molecule has 1 aliphatic rings. The second-order valence-corrected chi connectivity index (χ2v) is 7.80. The third-order valence-electron chi connectivity index (χ3n) is 3.39. The van der Waals surface area contributed by atoms with E-state index in [1.165, 1.54) is 0 Å². The van der Waals surface area contributed by atoms with Gasteiger partial charge in [-0.05, 0) is 18.3 Å².